The van der Waals surface area contributed by atoms with Crippen LogP contribution in [0.15, 0.2) is 48.2 Å². The lowest BCUT2D eigenvalue weighted by Crippen LogP contribution is -2.33. The number of pyridine rings is 1. The second-order valence-electron chi connectivity index (χ2n) is 10.8. The van der Waals surface area contributed by atoms with Crippen LogP contribution in [0.2, 0.25) is 0 Å². The summed E-state index contributed by atoms with van der Waals surface area (Å²) in [5.41, 5.74) is 14.3. The Bertz CT molecular complexity index is 1480. The molecule has 2 heterocycles. The number of aromatic nitrogens is 1. The van der Waals surface area contributed by atoms with Crippen molar-refractivity contribution in [2.45, 2.75) is 31.1 Å². The zero-order valence-electron chi connectivity index (χ0n) is 23.0. The van der Waals surface area contributed by atoms with Gasteiger partial charge in [0.15, 0.2) is 0 Å². The second-order valence-corrected chi connectivity index (χ2v) is 10.8. The second kappa shape index (κ2) is 11.3. The number of rotatable bonds is 10. The number of nitrogens with one attached hydrogen (secondary N) is 1. The van der Waals surface area contributed by atoms with Gasteiger partial charge in [0.1, 0.15) is 43.0 Å². The number of nitrogen functional groups attached to an aromatic ring is 1. The third kappa shape index (κ3) is 5.55. The molecule has 7 nitrogen and oxygen atoms in total. The molecule has 41 heavy (non-hydrogen) atoms. The topological polar surface area (TPSA) is 112 Å². The number of allylic oxidation sites excluding steroid dienone is 1. The number of ether oxygens (including phenoxy) is 2. The van der Waals surface area contributed by atoms with E-state index in [0.29, 0.717) is 56.5 Å². The number of halogens is 3. The standard InChI is InChI=1S/C31H33F3N4O3/c1-17(35)9-20-10-21(11-26(40-2)27(20)36)30(39)37-13-23(18-3-4-18)25-12-24-29(41-16-31(24,14-32)15-33)28(38-25)19-5-7-22(34)8-6-19/h5-12,18,23H,3-4,13-16,35-36H2,1-2H3,(H,37,39)/b17-9-. The van der Waals surface area contributed by atoms with Crippen molar-refractivity contribution in [1.29, 1.82) is 0 Å². The molecule has 1 unspecified atom stereocenters. The van der Waals surface area contributed by atoms with E-state index in [4.69, 9.17) is 25.9 Å². The number of alkyl halides is 2. The first-order chi connectivity index (χ1) is 19.7. The van der Waals surface area contributed by atoms with Crippen LogP contribution in [0.3, 0.4) is 0 Å². The van der Waals surface area contributed by atoms with Crippen LogP contribution in [0.5, 0.6) is 11.5 Å². The van der Waals surface area contributed by atoms with Gasteiger partial charge in [-0.15, -0.1) is 0 Å². The Morgan fingerprint density at radius 1 is 1.22 bits per heavy atom. The molecule has 1 aliphatic heterocycles. The van der Waals surface area contributed by atoms with Crippen LogP contribution in [-0.2, 0) is 5.41 Å². The van der Waals surface area contributed by atoms with E-state index in [1.165, 1.54) is 19.2 Å². The Hall–Kier alpha value is -4.21. The lowest BCUT2D eigenvalue weighted by Gasteiger charge is -2.23. The van der Waals surface area contributed by atoms with Crippen molar-refractivity contribution in [1.82, 2.24) is 10.3 Å². The third-order valence-electron chi connectivity index (χ3n) is 7.78. The summed E-state index contributed by atoms with van der Waals surface area (Å²) in [5, 5.41) is 3.00. The van der Waals surface area contributed by atoms with Gasteiger partial charge in [0.25, 0.3) is 5.91 Å². The van der Waals surface area contributed by atoms with E-state index in [1.807, 2.05) is 0 Å². The monoisotopic (exact) mass is 566 g/mol. The molecular weight excluding hydrogens is 533 g/mol. The summed E-state index contributed by atoms with van der Waals surface area (Å²) in [4.78, 5) is 18.2. The molecule has 3 aromatic rings. The lowest BCUT2D eigenvalue weighted by atomic mass is 9.83. The van der Waals surface area contributed by atoms with Crippen LogP contribution in [0.4, 0.5) is 18.9 Å². The maximum atomic E-state index is 14.3. The summed E-state index contributed by atoms with van der Waals surface area (Å²) in [6.07, 6.45) is 3.52. The minimum absolute atomic E-state index is 0.155. The first kappa shape index (κ1) is 28.3. The van der Waals surface area contributed by atoms with Crippen molar-refractivity contribution in [3.05, 3.63) is 76.4 Å². The molecule has 0 bridgehead atoms. The van der Waals surface area contributed by atoms with Crippen molar-refractivity contribution in [3.8, 4) is 22.8 Å². The fourth-order valence-electron chi connectivity index (χ4n) is 5.26. The molecule has 1 atom stereocenters. The number of methoxy groups -OCH3 is 1. The van der Waals surface area contributed by atoms with Gasteiger partial charge in [0, 0.05) is 46.1 Å². The molecule has 5 N–H and O–H groups in total. The van der Waals surface area contributed by atoms with Gasteiger partial charge in [-0.05, 0) is 74.2 Å². The number of fused-ring (bicyclic) bond motifs is 1. The summed E-state index contributed by atoms with van der Waals surface area (Å²) in [6.45, 7) is -0.0753. The minimum atomic E-state index is -1.44. The van der Waals surface area contributed by atoms with E-state index in [1.54, 1.807) is 43.3 Å². The fourth-order valence-corrected chi connectivity index (χ4v) is 5.26. The van der Waals surface area contributed by atoms with Crippen molar-refractivity contribution < 1.29 is 27.4 Å². The van der Waals surface area contributed by atoms with Crippen molar-refractivity contribution in [2.24, 2.45) is 11.7 Å². The number of hydrogen-bond donors (Lipinski definition) is 3. The highest BCUT2D eigenvalue weighted by Crippen LogP contribution is 2.48. The zero-order chi connectivity index (χ0) is 29.3. The molecule has 0 radical (unpaired) electrons. The lowest BCUT2D eigenvalue weighted by molar-refractivity contribution is 0.0949. The number of anilines is 1. The van der Waals surface area contributed by atoms with Gasteiger partial charge in [0.05, 0.1) is 18.2 Å². The molecule has 2 aliphatic rings. The maximum absolute atomic E-state index is 14.3. The van der Waals surface area contributed by atoms with Gasteiger partial charge < -0.3 is 26.3 Å². The van der Waals surface area contributed by atoms with E-state index in [2.05, 4.69) is 5.32 Å². The van der Waals surface area contributed by atoms with Crippen LogP contribution in [0.1, 0.15) is 52.9 Å². The van der Waals surface area contributed by atoms with Crippen LogP contribution in [0, 0.1) is 11.7 Å². The first-order valence-corrected chi connectivity index (χ1v) is 13.4. The van der Waals surface area contributed by atoms with E-state index in [-0.39, 0.29) is 30.9 Å². The summed E-state index contributed by atoms with van der Waals surface area (Å²) >= 11 is 0. The van der Waals surface area contributed by atoms with Gasteiger partial charge in [-0.3, -0.25) is 4.79 Å². The smallest absolute Gasteiger partial charge is 0.251 e. The van der Waals surface area contributed by atoms with Crippen molar-refractivity contribution in [3.63, 3.8) is 0 Å². The highest BCUT2D eigenvalue weighted by molar-refractivity contribution is 5.96. The Balaban J connectivity index is 1.50. The fraction of sp³-hybridized carbons (Fsp3) is 0.355. The number of hydrogen-bond acceptors (Lipinski definition) is 6. The molecule has 1 fully saturated rings. The Labute approximate surface area is 236 Å². The van der Waals surface area contributed by atoms with Crippen LogP contribution in [0.25, 0.3) is 17.3 Å². The molecule has 10 heteroatoms. The molecule has 2 aromatic carbocycles. The predicted octanol–water partition coefficient (Wildman–Crippen LogP) is 5.29. The van der Waals surface area contributed by atoms with Gasteiger partial charge in [0.2, 0.25) is 0 Å². The van der Waals surface area contributed by atoms with Crippen LogP contribution in [-0.4, -0.2) is 44.5 Å². The average Bonchev–Trinajstić information content (AvgIpc) is 3.74. The van der Waals surface area contributed by atoms with E-state index < -0.39 is 24.6 Å². The summed E-state index contributed by atoms with van der Waals surface area (Å²) < 4.78 is 53.4. The Kier molecular flexibility index (Phi) is 7.84. The molecule has 5 rings (SSSR count). The van der Waals surface area contributed by atoms with Gasteiger partial charge >= 0.3 is 0 Å². The third-order valence-corrected chi connectivity index (χ3v) is 7.78. The van der Waals surface area contributed by atoms with E-state index >= 15 is 0 Å². The van der Waals surface area contributed by atoms with Gasteiger partial charge in [-0.1, -0.05) is 0 Å². The van der Waals surface area contributed by atoms with Crippen LogP contribution >= 0.6 is 0 Å². The van der Waals surface area contributed by atoms with Gasteiger partial charge in [-0.2, -0.15) is 0 Å². The quantitative estimate of drug-likeness (QED) is 0.288. The minimum Gasteiger partial charge on any atom is -0.495 e. The van der Waals surface area contributed by atoms with Crippen molar-refractivity contribution >= 4 is 17.7 Å². The predicted molar refractivity (Wildman–Crippen MR) is 152 cm³/mol. The molecule has 216 valence electrons. The molecular formula is C31H33F3N4O3. The molecule has 1 saturated carbocycles. The molecule has 0 spiro atoms. The number of nitrogens with two attached hydrogens (primary N) is 2. The van der Waals surface area contributed by atoms with Crippen molar-refractivity contribution in [2.75, 3.05) is 39.3 Å². The molecule has 1 aliphatic carbocycles. The Morgan fingerprint density at radius 2 is 1.93 bits per heavy atom. The summed E-state index contributed by atoms with van der Waals surface area (Å²) in [7, 11) is 1.47. The number of nitrogens with zero attached hydrogens (tertiary/aromatic N) is 1. The number of amides is 1. The molecule has 1 aromatic heterocycles. The highest BCUT2D eigenvalue weighted by Gasteiger charge is 2.45. The summed E-state index contributed by atoms with van der Waals surface area (Å²) in [6, 6.07) is 10.7. The largest absolute Gasteiger partial charge is 0.495 e. The SMILES string of the molecule is COc1cc(C(=O)NCC(c2cc3c(c(-c4ccc(F)cc4)n2)OCC3(CF)CF)C2CC2)cc(/C=C(/C)N)c1N. The summed E-state index contributed by atoms with van der Waals surface area (Å²) in [5.74, 6) is -0.0946. The van der Waals surface area contributed by atoms with Gasteiger partial charge in [-0.25, -0.2) is 18.2 Å². The first-order valence-electron chi connectivity index (χ1n) is 13.4. The number of carbonyl (C=O) groups is 1. The maximum Gasteiger partial charge on any atom is 0.251 e. The zero-order valence-corrected chi connectivity index (χ0v) is 23.0. The van der Waals surface area contributed by atoms with Crippen LogP contribution < -0.4 is 26.3 Å². The van der Waals surface area contributed by atoms with E-state index in [9.17, 15) is 18.0 Å². The normalized spacial score (nSPS) is 16.6. The number of carbonyl (C=O) groups excluding carboxylic acids is 1. The molecule has 0 saturated heterocycles. The average molecular weight is 567 g/mol. The van der Waals surface area contributed by atoms with E-state index in [0.717, 1.165) is 12.8 Å². The number of benzene rings is 2. The highest BCUT2D eigenvalue weighted by atomic mass is 19.1. The Morgan fingerprint density at radius 3 is 2.54 bits per heavy atom. The molecule has 1 amide bonds.